The lowest BCUT2D eigenvalue weighted by atomic mass is 10.2. The lowest BCUT2D eigenvalue weighted by molar-refractivity contribution is 0.189. The van der Waals surface area contributed by atoms with E-state index in [9.17, 15) is 4.79 Å². The molecule has 0 aliphatic carbocycles. The van der Waals surface area contributed by atoms with E-state index in [2.05, 4.69) is 10.6 Å². The summed E-state index contributed by atoms with van der Waals surface area (Å²) in [7, 11) is 3.12. The van der Waals surface area contributed by atoms with Gasteiger partial charge in [0.1, 0.15) is 11.5 Å². The average Bonchev–Trinajstić information content (AvgIpc) is 2.91. The fourth-order valence-corrected chi connectivity index (χ4v) is 1.89. The zero-order valence-electron chi connectivity index (χ0n) is 11.1. The summed E-state index contributed by atoms with van der Waals surface area (Å²) in [5.74, 6) is 1.23. The first kappa shape index (κ1) is 13.5. The van der Waals surface area contributed by atoms with Crippen molar-refractivity contribution in [2.24, 2.45) is 0 Å². The summed E-state index contributed by atoms with van der Waals surface area (Å²) in [5, 5.41) is 5.60. The number of ether oxygens (including phenoxy) is 3. The van der Waals surface area contributed by atoms with Gasteiger partial charge in [0.05, 0.1) is 32.6 Å². The number of urea groups is 1. The summed E-state index contributed by atoms with van der Waals surface area (Å²) in [6, 6.07) is 5.02. The fourth-order valence-electron chi connectivity index (χ4n) is 1.89. The number of carbonyl (C=O) groups excluding carboxylic acids is 1. The van der Waals surface area contributed by atoms with Crippen LogP contribution in [0.4, 0.5) is 10.5 Å². The third-order valence-electron chi connectivity index (χ3n) is 2.92. The van der Waals surface area contributed by atoms with Crippen LogP contribution < -0.4 is 20.1 Å². The second kappa shape index (κ2) is 6.29. The fraction of sp³-hybridized carbons (Fsp3) is 0.462. The third-order valence-corrected chi connectivity index (χ3v) is 2.92. The molecule has 104 valence electrons. The SMILES string of the molecule is COc1ccc(NC(=O)NC2CCOC2)c(OC)c1. The van der Waals surface area contributed by atoms with E-state index in [-0.39, 0.29) is 12.1 Å². The van der Waals surface area contributed by atoms with Crippen molar-refractivity contribution in [3.8, 4) is 11.5 Å². The summed E-state index contributed by atoms with van der Waals surface area (Å²) >= 11 is 0. The minimum atomic E-state index is -0.265. The molecule has 6 nitrogen and oxygen atoms in total. The Kier molecular flexibility index (Phi) is 4.46. The lowest BCUT2D eigenvalue weighted by Gasteiger charge is -2.14. The molecule has 1 aromatic carbocycles. The van der Waals surface area contributed by atoms with Gasteiger partial charge in [-0.1, -0.05) is 0 Å². The van der Waals surface area contributed by atoms with Crippen molar-refractivity contribution in [2.45, 2.75) is 12.5 Å². The first-order valence-corrected chi connectivity index (χ1v) is 6.10. The molecular weight excluding hydrogens is 248 g/mol. The van der Waals surface area contributed by atoms with Crippen LogP contribution in [-0.2, 0) is 4.74 Å². The molecule has 1 atom stereocenters. The number of methoxy groups -OCH3 is 2. The van der Waals surface area contributed by atoms with Crippen molar-refractivity contribution in [3.05, 3.63) is 18.2 Å². The molecule has 19 heavy (non-hydrogen) atoms. The highest BCUT2D eigenvalue weighted by atomic mass is 16.5. The van der Waals surface area contributed by atoms with Gasteiger partial charge in [0.15, 0.2) is 0 Å². The Morgan fingerprint density at radius 1 is 1.37 bits per heavy atom. The molecule has 0 radical (unpaired) electrons. The minimum Gasteiger partial charge on any atom is -0.497 e. The first-order valence-electron chi connectivity index (χ1n) is 6.10. The van der Waals surface area contributed by atoms with Crippen molar-refractivity contribution < 1.29 is 19.0 Å². The Hall–Kier alpha value is -1.95. The molecule has 2 amide bonds. The van der Waals surface area contributed by atoms with Crippen LogP contribution in [0.2, 0.25) is 0 Å². The molecule has 0 spiro atoms. The Balaban J connectivity index is 1.99. The summed E-state index contributed by atoms with van der Waals surface area (Å²) in [5.41, 5.74) is 0.597. The van der Waals surface area contributed by atoms with Gasteiger partial charge in [-0.25, -0.2) is 4.79 Å². The molecular formula is C13H18N2O4. The monoisotopic (exact) mass is 266 g/mol. The molecule has 1 heterocycles. The highest BCUT2D eigenvalue weighted by Gasteiger charge is 2.18. The predicted octanol–water partition coefficient (Wildman–Crippen LogP) is 1.61. The molecule has 1 aliphatic heterocycles. The van der Waals surface area contributed by atoms with Crippen LogP contribution in [0, 0.1) is 0 Å². The molecule has 2 rings (SSSR count). The van der Waals surface area contributed by atoms with Gasteiger partial charge < -0.3 is 24.8 Å². The number of nitrogens with one attached hydrogen (secondary N) is 2. The summed E-state index contributed by atoms with van der Waals surface area (Å²) < 4.78 is 15.5. The number of amides is 2. The number of carbonyl (C=O) groups is 1. The van der Waals surface area contributed by atoms with Crippen LogP contribution in [0.1, 0.15) is 6.42 Å². The highest BCUT2D eigenvalue weighted by Crippen LogP contribution is 2.28. The normalized spacial score (nSPS) is 17.9. The maximum absolute atomic E-state index is 11.8. The Morgan fingerprint density at radius 3 is 2.84 bits per heavy atom. The van der Waals surface area contributed by atoms with E-state index in [0.717, 1.165) is 6.42 Å². The zero-order chi connectivity index (χ0) is 13.7. The van der Waals surface area contributed by atoms with Gasteiger partial charge in [0, 0.05) is 12.7 Å². The molecule has 1 aromatic rings. The molecule has 0 bridgehead atoms. The second-order valence-corrected chi connectivity index (χ2v) is 4.23. The molecule has 1 fully saturated rings. The Morgan fingerprint density at radius 2 is 2.21 bits per heavy atom. The van der Waals surface area contributed by atoms with Crippen LogP contribution in [0.5, 0.6) is 11.5 Å². The van der Waals surface area contributed by atoms with Crippen molar-refractivity contribution >= 4 is 11.7 Å². The van der Waals surface area contributed by atoms with Crippen LogP contribution in [-0.4, -0.2) is 39.5 Å². The smallest absolute Gasteiger partial charge is 0.319 e. The lowest BCUT2D eigenvalue weighted by Crippen LogP contribution is -2.38. The number of benzene rings is 1. The van der Waals surface area contributed by atoms with E-state index in [4.69, 9.17) is 14.2 Å². The second-order valence-electron chi connectivity index (χ2n) is 4.23. The van der Waals surface area contributed by atoms with Crippen LogP contribution >= 0.6 is 0 Å². The van der Waals surface area contributed by atoms with E-state index in [1.54, 1.807) is 32.4 Å². The van der Waals surface area contributed by atoms with Gasteiger partial charge in [-0.05, 0) is 18.6 Å². The quantitative estimate of drug-likeness (QED) is 0.868. The molecule has 6 heteroatoms. The summed E-state index contributed by atoms with van der Waals surface area (Å²) in [4.78, 5) is 11.8. The first-order chi connectivity index (χ1) is 9.22. The van der Waals surface area contributed by atoms with E-state index in [0.29, 0.717) is 30.4 Å². The van der Waals surface area contributed by atoms with Gasteiger partial charge in [0.25, 0.3) is 0 Å². The Labute approximate surface area is 112 Å². The summed E-state index contributed by atoms with van der Waals surface area (Å²) in [6.07, 6.45) is 0.840. The van der Waals surface area contributed by atoms with Gasteiger partial charge in [0.2, 0.25) is 0 Å². The highest BCUT2D eigenvalue weighted by molar-refractivity contribution is 5.91. The van der Waals surface area contributed by atoms with E-state index >= 15 is 0 Å². The van der Waals surface area contributed by atoms with Crippen molar-refractivity contribution in [3.63, 3.8) is 0 Å². The van der Waals surface area contributed by atoms with E-state index in [1.165, 1.54) is 0 Å². The van der Waals surface area contributed by atoms with Crippen LogP contribution in [0.25, 0.3) is 0 Å². The topological polar surface area (TPSA) is 68.8 Å². The number of hydrogen-bond acceptors (Lipinski definition) is 4. The van der Waals surface area contributed by atoms with Gasteiger partial charge >= 0.3 is 6.03 Å². The summed E-state index contributed by atoms with van der Waals surface area (Å²) in [6.45, 7) is 1.25. The molecule has 0 aromatic heterocycles. The average molecular weight is 266 g/mol. The third kappa shape index (κ3) is 3.51. The molecule has 1 unspecified atom stereocenters. The van der Waals surface area contributed by atoms with Crippen molar-refractivity contribution in [1.29, 1.82) is 0 Å². The van der Waals surface area contributed by atoms with Crippen LogP contribution in [0.15, 0.2) is 18.2 Å². The van der Waals surface area contributed by atoms with Crippen molar-refractivity contribution in [2.75, 3.05) is 32.8 Å². The number of anilines is 1. The van der Waals surface area contributed by atoms with Gasteiger partial charge in [-0.3, -0.25) is 0 Å². The molecule has 1 saturated heterocycles. The van der Waals surface area contributed by atoms with E-state index < -0.39 is 0 Å². The zero-order valence-corrected chi connectivity index (χ0v) is 11.1. The maximum Gasteiger partial charge on any atom is 0.319 e. The van der Waals surface area contributed by atoms with E-state index in [1.807, 2.05) is 0 Å². The van der Waals surface area contributed by atoms with Gasteiger partial charge in [-0.2, -0.15) is 0 Å². The molecule has 2 N–H and O–H groups in total. The predicted molar refractivity (Wildman–Crippen MR) is 70.9 cm³/mol. The Bertz CT molecular complexity index is 444. The maximum atomic E-state index is 11.8. The van der Waals surface area contributed by atoms with Crippen molar-refractivity contribution in [1.82, 2.24) is 5.32 Å². The minimum absolute atomic E-state index is 0.0734. The molecule has 1 aliphatic rings. The number of hydrogen-bond donors (Lipinski definition) is 2. The standard InChI is InChI=1S/C13H18N2O4/c1-17-10-3-4-11(12(7-10)18-2)15-13(16)14-9-5-6-19-8-9/h3-4,7,9H,5-6,8H2,1-2H3,(H2,14,15,16). The molecule has 0 saturated carbocycles. The largest absolute Gasteiger partial charge is 0.497 e. The van der Waals surface area contributed by atoms with Crippen LogP contribution in [0.3, 0.4) is 0 Å². The van der Waals surface area contributed by atoms with Gasteiger partial charge in [-0.15, -0.1) is 0 Å². The number of rotatable bonds is 4.